The van der Waals surface area contributed by atoms with Gasteiger partial charge in [-0.2, -0.15) is 0 Å². The zero-order valence-corrected chi connectivity index (χ0v) is 9.42. The van der Waals surface area contributed by atoms with Gasteiger partial charge in [-0.25, -0.2) is 4.39 Å². The normalized spacial score (nSPS) is 19.9. The average Bonchev–Trinajstić information content (AvgIpc) is 2.77. The molecular weight excluding hydrogens is 205 g/mol. The number of hydrogen-bond acceptors (Lipinski definition) is 2. The lowest BCUT2D eigenvalue weighted by Crippen LogP contribution is -2.09. The minimum atomic E-state index is -0.191. The Morgan fingerprint density at radius 2 is 2.38 bits per heavy atom. The zero-order valence-electron chi connectivity index (χ0n) is 9.42. The van der Waals surface area contributed by atoms with Crippen LogP contribution in [0.2, 0.25) is 0 Å². The number of halogens is 1. The molecule has 16 heavy (non-hydrogen) atoms. The lowest BCUT2D eigenvalue weighted by Gasteiger charge is -2.10. The van der Waals surface area contributed by atoms with E-state index < -0.39 is 0 Å². The van der Waals surface area contributed by atoms with E-state index in [0.717, 1.165) is 31.7 Å². The second-order valence-electron chi connectivity index (χ2n) is 4.21. The maximum absolute atomic E-state index is 12.9. The fourth-order valence-corrected chi connectivity index (χ4v) is 2.03. The van der Waals surface area contributed by atoms with Crippen LogP contribution in [0, 0.1) is 5.82 Å². The van der Waals surface area contributed by atoms with Crippen LogP contribution in [-0.4, -0.2) is 19.3 Å². The highest BCUT2D eigenvalue weighted by atomic mass is 19.1. The van der Waals surface area contributed by atoms with E-state index in [1.807, 2.05) is 6.07 Å². The van der Waals surface area contributed by atoms with E-state index in [2.05, 4.69) is 5.32 Å². The number of nitrogens with one attached hydrogen (secondary N) is 1. The topological polar surface area (TPSA) is 21.3 Å². The SMILES string of the molecule is Fc1cccc(NCCCC2CCCO2)c1. The molecule has 1 heterocycles. The Hall–Kier alpha value is -1.09. The van der Waals surface area contributed by atoms with Crippen molar-refractivity contribution in [3.05, 3.63) is 30.1 Å². The van der Waals surface area contributed by atoms with Crippen LogP contribution in [0.3, 0.4) is 0 Å². The number of ether oxygens (including phenoxy) is 1. The molecule has 0 aliphatic carbocycles. The van der Waals surface area contributed by atoms with E-state index in [-0.39, 0.29) is 5.82 Å². The van der Waals surface area contributed by atoms with Gasteiger partial charge in [0.15, 0.2) is 0 Å². The first-order valence-corrected chi connectivity index (χ1v) is 5.95. The second-order valence-corrected chi connectivity index (χ2v) is 4.21. The molecule has 1 atom stereocenters. The first-order valence-electron chi connectivity index (χ1n) is 5.95. The quantitative estimate of drug-likeness (QED) is 0.774. The van der Waals surface area contributed by atoms with Gasteiger partial charge in [0.1, 0.15) is 5.82 Å². The van der Waals surface area contributed by atoms with E-state index in [0.29, 0.717) is 6.10 Å². The van der Waals surface area contributed by atoms with Gasteiger partial charge >= 0.3 is 0 Å². The van der Waals surface area contributed by atoms with Crippen molar-refractivity contribution in [3.63, 3.8) is 0 Å². The molecule has 1 aromatic carbocycles. The van der Waals surface area contributed by atoms with Crippen LogP contribution < -0.4 is 5.32 Å². The smallest absolute Gasteiger partial charge is 0.125 e. The van der Waals surface area contributed by atoms with Crippen LogP contribution in [-0.2, 0) is 4.74 Å². The molecule has 0 amide bonds. The van der Waals surface area contributed by atoms with E-state index in [9.17, 15) is 4.39 Å². The molecule has 0 spiro atoms. The Bertz CT molecular complexity index is 323. The summed E-state index contributed by atoms with van der Waals surface area (Å²) in [6, 6.07) is 6.58. The molecule has 1 unspecified atom stereocenters. The van der Waals surface area contributed by atoms with E-state index >= 15 is 0 Å². The van der Waals surface area contributed by atoms with Crippen molar-refractivity contribution in [2.24, 2.45) is 0 Å². The average molecular weight is 223 g/mol. The van der Waals surface area contributed by atoms with E-state index in [4.69, 9.17) is 4.74 Å². The van der Waals surface area contributed by atoms with Gasteiger partial charge in [0.05, 0.1) is 6.10 Å². The molecular formula is C13H18FNO. The first kappa shape index (κ1) is 11.4. The third kappa shape index (κ3) is 3.49. The highest BCUT2D eigenvalue weighted by molar-refractivity contribution is 5.42. The van der Waals surface area contributed by atoms with Gasteiger partial charge in [-0.3, -0.25) is 0 Å². The minimum Gasteiger partial charge on any atom is -0.385 e. The van der Waals surface area contributed by atoms with E-state index in [1.165, 1.54) is 25.0 Å². The Balaban J connectivity index is 1.64. The molecule has 88 valence electrons. The molecule has 0 bridgehead atoms. The molecule has 1 aliphatic heterocycles. The van der Waals surface area contributed by atoms with Gasteiger partial charge < -0.3 is 10.1 Å². The number of hydrogen-bond donors (Lipinski definition) is 1. The summed E-state index contributed by atoms with van der Waals surface area (Å²) in [6.45, 7) is 1.80. The van der Waals surface area contributed by atoms with Crippen molar-refractivity contribution in [3.8, 4) is 0 Å². The second kappa shape index (κ2) is 5.85. The minimum absolute atomic E-state index is 0.191. The monoisotopic (exact) mass is 223 g/mol. The maximum atomic E-state index is 12.9. The predicted octanol–water partition coefficient (Wildman–Crippen LogP) is 3.20. The van der Waals surface area contributed by atoms with Crippen molar-refractivity contribution >= 4 is 5.69 Å². The Morgan fingerprint density at radius 3 is 3.12 bits per heavy atom. The molecule has 1 aliphatic rings. The molecule has 1 aromatic rings. The molecule has 1 N–H and O–H groups in total. The van der Waals surface area contributed by atoms with Crippen LogP contribution in [0.4, 0.5) is 10.1 Å². The van der Waals surface area contributed by atoms with Gasteiger partial charge in [-0.15, -0.1) is 0 Å². The van der Waals surface area contributed by atoms with Gasteiger partial charge in [-0.05, 0) is 43.9 Å². The summed E-state index contributed by atoms with van der Waals surface area (Å²) in [4.78, 5) is 0. The van der Waals surface area contributed by atoms with Gasteiger partial charge in [0.2, 0.25) is 0 Å². The molecule has 0 saturated carbocycles. The third-order valence-electron chi connectivity index (χ3n) is 2.88. The standard InChI is InChI=1S/C13H18FNO/c14-11-4-1-5-12(10-11)15-8-2-6-13-7-3-9-16-13/h1,4-5,10,13,15H,2-3,6-9H2. The van der Waals surface area contributed by atoms with Crippen LogP contribution in [0.5, 0.6) is 0 Å². The summed E-state index contributed by atoms with van der Waals surface area (Å²) in [6.07, 6.45) is 5.01. The highest BCUT2D eigenvalue weighted by Crippen LogP contribution is 2.17. The van der Waals surface area contributed by atoms with Crippen molar-refractivity contribution in [2.45, 2.75) is 31.8 Å². The van der Waals surface area contributed by atoms with Crippen molar-refractivity contribution < 1.29 is 9.13 Å². The molecule has 1 saturated heterocycles. The Kier molecular flexibility index (Phi) is 4.17. The van der Waals surface area contributed by atoms with Gasteiger partial charge in [0.25, 0.3) is 0 Å². The summed E-state index contributed by atoms with van der Waals surface area (Å²) in [5.74, 6) is -0.191. The van der Waals surface area contributed by atoms with E-state index in [1.54, 1.807) is 6.07 Å². The van der Waals surface area contributed by atoms with Crippen molar-refractivity contribution in [1.29, 1.82) is 0 Å². The predicted molar refractivity (Wildman–Crippen MR) is 63.1 cm³/mol. The lowest BCUT2D eigenvalue weighted by molar-refractivity contribution is 0.103. The molecule has 0 radical (unpaired) electrons. The fourth-order valence-electron chi connectivity index (χ4n) is 2.03. The van der Waals surface area contributed by atoms with Crippen molar-refractivity contribution in [2.75, 3.05) is 18.5 Å². The summed E-state index contributed by atoms with van der Waals surface area (Å²) in [5.41, 5.74) is 0.854. The molecule has 0 aromatic heterocycles. The molecule has 3 heteroatoms. The lowest BCUT2D eigenvalue weighted by atomic mass is 10.1. The van der Waals surface area contributed by atoms with Gasteiger partial charge in [0, 0.05) is 18.8 Å². The fraction of sp³-hybridized carbons (Fsp3) is 0.538. The number of rotatable bonds is 5. The first-order chi connectivity index (χ1) is 7.84. The Morgan fingerprint density at radius 1 is 1.44 bits per heavy atom. The Labute approximate surface area is 95.8 Å². The summed E-state index contributed by atoms with van der Waals surface area (Å²) >= 11 is 0. The molecule has 2 nitrogen and oxygen atoms in total. The maximum Gasteiger partial charge on any atom is 0.125 e. The highest BCUT2D eigenvalue weighted by Gasteiger charge is 2.14. The number of benzene rings is 1. The van der Waals surface area contributed by atoms with Gasteiger partial charge in [-0.1, -0.05) is 6.07 Å². The summed E-state index contributed by atoms with van der Waals surface area (Å²) in [7, 11) is 0. The third-order valence-corrected chi connectivity index (χ3v) is 2.88. The van der Waals surface area contributed by atoms with Crippen LogP contribution in [0.1, 0.15) is 25.7 Å². The van der Waals surface area contributed by atoms with Crippen molar-refractivity contribution in [1.82, 2.24) is 0 Å². The summed E-state index contributed by atoms with van der Waals surface area (Å²) in [5, 5.41) is 3.21. The van der Waals surface area contributed by atoms with Crippen LogP contribution >= 0.6 is 0 Å². The molecule has 2 rings (SSSR count). The van der Waals surface area contributed by atoms with Crippen LogP contribution in [0.15, 0.2) is 24.3 Å². The number of anilines is 1. The zero-order chi connectivity index (χ0) is 11.2. The summed E-state index contributed by atoms with van der Waals surface area (Å²) < 4.78 is 18.4. The molecule has 1 fully saturated rings. The largest absolute Gasteiger partial charge is 0.385 e. The van der Waals surface area contributed by atoms with Crippen LogP contribution in [0.25, 0.3) is 0 Å².